The van der Waals surface area contributed by atoms with Gasteiger partial charge < -0.3 is 10.1 Å². The van der Waals surface area contributed by atoms with Gasteiger partial charge in [0.1, 0.15) is 5.56 Å². The standard InChI is InChI=1S/C7H4F2N2O4/c8-6(9)5-3(2-12)1-4(13)10-7(5)11(14)15/h1-2,6H,(H,10,13). The van der Waals surface area contributed by atoms with Crippen molar-refractivity contribution in [3.63, 3.8) is 0 Å². The Kier molecular flexibility index (Phi) is 2.88. The van der Waals surface area contributed by atoms with E-state index in [0.29, 0.717) is 6.07 Å². The number of pyridine rings is 1. The van der Waals surface area contributed by atoms with E-state index in [2.05, 4.69) is 0 Å². The fraction of sp³-hybridized carbons (Fsp3) is 0.143. The third kappa shape index (κ3) is 2.03. The van der Waals surface area contributed by atoms with Crippen LogP contribution in [0, 0.1) is 10.1 Å². The Morgan fingerprint density at radius 1 is 1.53 bits per heavy atom. The van der Waals surface area contributed by atoms with Gasteiger partial charge in [-0.3, -0.25) is 4.79 Å². The molecule has 1 heterocycles. The zero-order valence-corrected chi connectivity index (χ0v) is 7.07. The average molecular weight is 218 g/mol. The van der Waals surface area contributed by atoms with E-state index < -0.39 is 33.9 Å². The lowest BCUT2D eigenvalue weighted by atomic mass is 10.1. The maximum absolute atomic E-state index is 12.4. The van der Waals surface area contributed by atoms with E-state index in [9.17, 15) is 28.5 Å². The average Bonchev–Trinajstić information content (AvgIpc) is 2.15. The molecule has 0 atom stereocenters. The Morgan fingerprint density at radius 2 is 2.13 bits per heavy atom. The lowest BCUT2D eigenvalue weighted by Gasteiger charge is -2.04. The minimum Gasteiger partial charge on any atom is -0.358 e. The van der Waals surface area contributed by atoms with Crippen LogP contribution in [-0.2, 0) is 0 Å². The van der Waals surface area contributed by atoms with Crippen LogP contribution in [0.2, 0.25) is 0 Å². The third-order valence-electron chi connectivity index (χ3n) is 1.62. The van der Waals surface area contributed by atoms with E-state index in [1.165, 1.54) is 0 Å². The molecule has 0 bridgehead atoms. The predicted molar refractivity (Wildman–Crippen MR) is 44.1 cm³/mol. The maximum Gasteiger partial charge on any atom is 0.333 e. The molecule has 1 N–H and O–H groups in total. The molecule has 0 aliphatic heterocycles. The number of alkyl halides is 2. The molecule has 0 saturated carbocycles. The van der Waals surface area contributed by atoms with Gasteiger partial charge in [0.15, 0.2) is 6.29 Å². The minimum atomic E-state index is -3.21. The van der Waals surface area contributed by atoms with Gasteiger partial charge in [0.05, 0.1) is 0 Å². The number of aromatic nitrogens is 1. The van der Waals surface area contributed by atoms with Crippen molar-refractivity contribution in [1.82, 2.24) is 4.98 Å². The number of H-pyrrole nitrogens is 1. The number of aldehydes is 1. The number of aromatic amines is 1. The molecule has 0 aliphatic carbocycles. The molecule has 0 spiro atoms. The summed E-state index contributed by atoms with van der Waals surface area (Å²) in [5.74, 6) is -1.15. The van der Waals surface area contributed by atoms with Crippen LogP contribution >= 0.6 is 0 Å². The third-order valence-corrected chi connectivity index (χ3v) is 1.62. The van der Waals surface area contributed by atoms with E-state index in [1.54, 1.807) is 4.98 Å². The molecule has 1 rings (SSSR count). The quantitative estimate of drug-likeness (QED) is 0.465. The summed E-state index contributed by atoms with van der Waals surface area (Å²) in [7, 11) is 0. The Hall–Kier alpha value is -2.12. The summed E-state index contributed by atoms with van der Waals surface area (Å²) in [4.78, 5) is 31.9. The first kappa shape index (κ1) is 11.0. The molecular weight excluding hydrogens is 214 g/mol. The van der Waals surface area contributed by atoms with Crippen LogP contribution in [0.1, 0.15) is 22.3 Å². The van der Waals surface area contributed by atoms with Gasteiger partial charge in [-0.2, -0.15) is 0 Å². The molecule has 0 unspecified atom stereocenters. The van der Waals surface area contributed by atoms with E-state index in [-0.39, 0.29) is 6.29 Å². The monoisotopic (exact) mass is 218 g/mol. The Bertz CT molecular complexity index is 469. The number of hydrogen-bond acceptors (Lipinski definition) is 4. The van der Waals surface area contributed by atoms with Gasteiger partial charge in [0, 0.05) is 11.6 Å². The number of nitrogens with one attached hydrogen (secondary N) is 1. The van der Waals surface area contributed by atoms with Crippen molar-refractivity contribution in [2.45, 2.75) is 6.43 Å². The lowest BCUT2D eigenvalue weighted by molar-refractivity contribution is -0.391. The SMILES string of the molecule is O=Cc1cc(=O)[nH]c([N+](=O)[O-])c1C(F)F. The van der Waals surface area contributed by atoms with Crippen LogP contribution in [0.15, 0.2) is 10.9 Å². The van der Waals surface area contributed by atoms with Gasteiger partial charge in [-0.05, 0) is 4.92 Å². The van der Waals surface area contributed by atoms with Gasteiger partial charge in [-0.25, -0.2) is 18.6 Å². The van der Waals surface area contributed by atoms with Crippen LogP contribution in [0.4, 0.5) is 14.6 Å². The molecule has 8 heteroatoms. The lowest BCUT2D eigenvalue weighted by Crippen LogP contribution is -2.13. The molecule has 0 aliphatic rings. The van der Waals surface area contributed by atoms with Crippen LogP contribution in [-0.4, -0.2) is 16.2 Å². The maximum atomic E-state index is 12.4. The zero-order chi connectivity index (χ0) is 11.6. The summed E-state index contributed by atoms with van der Waals surface area (Å²) in [6.45, 7) is 0. The number of rotatable bonds is 3. The van der Waals surface area contributed by atoms with E-state index >= 15 is 0 Å². The number of nitro groups is 1. The van der Waals surface area contributed by atoms with Crippen molar-refractivity contribution in [3.8, 4) is 0 Å². The summed E-state index contributed by atoms with van der Waals surface area (Å²) in [6.07, 6.45) is -3.23. The zero-order valence-electron chi connectivity index (χ0n) is 7.07. The van der Waals surface area contributed by atoms with Gasteiger partial charge in [0.25, 0.3) is 6.43 Å². The second-order valence-corrected chi connectivity index (χ2v) is 2.53. The van der Waals surface area contributed by atoms with E-state index in [0.717, 1.165) is 0 Å². The normalized spacial score (nSPS) is 10.3. The van der Waals surface area contributed by atoms with Crippen molar-refractivity contribution >= 4 is 12.1 Å². The summed E-state index contributed by atoms with van der Waals surface area (Å²) in [6, 6.07) is 0.585. The molecule has 0 amide bonds. The van der Waals surface area contributed by atoms with Crippen LogP contribution in [0.25, 0.3) is 0 Å². The van der Waals surface area contributed by atoms with Gasteiger partial charge >= 0.3 is 11.4 Å². The fourth-order valence-corrected chi connectivity index (χ4v) is 1.05. The smallest absolute Gasteiger partial charge is 0.333 e. The minimum absolute atomic E-state index is 0.0241. The molecule has 0 saturated heterocycles. The highest BCUT2D eigenvalue weighted by Gasteiger charge is 2.26. The first-order valence-electron chi connectivity index (χ1n) is 3.62. The molecule has 6 nitrogen and oxygen atoms in total. The predicted octanol–water partition coefficient (Wildman–Crippen LogP) is 1.03. The van der Waals surface area contributed by atoms with Crippen molar-refractivity contribution in [2.24, 2.45) is 0 Å². The first-order valence-corrected chi connectivity index (χ1v) is 3.62. The molecular formula is C7H4F2N2O4. The van der Waals surface area contributed by atoms with Crippen LogP contribution in [0.3, 0.4) is 0 Å². The Labute approximate surface area is 80.7 Å². The summed E-state index contributed by atoms with van der Waals surface area (Å²) in [5, 5.41) is 10.3. The van der Waals surface area contributed by atoms with Crippen LogP contribution in [0.5, 0.6) is 0 Å². The van der Waals surface area contributed by atoms with Crippen molar-refractivity contribution in [3.05, 3.63) is 37.7 Å². The summed E-state index contributed by atoms with van der Waals surface area (Å²) >= 11 is 0. The van der Waals surface area contributed by atoms with Crippen molar-refractivity contribution in [1.29, 1.82) is 0 Å². The van der Waals surface area contributed by atoms with Gasteiger partial charge in [-0.15, -0.1) is 0 Å². The van der Waals surface area contributed by atoms with Crippen molar-refractivity contribution < 1.29 is 18.5 Å². The molecule has 80 valence electrons. The van der Waals surface area contributed by atoms with Gasteiger partial charge in [-0.1, -0.05) is 0 Å². The largest absolute Gasteiger partial charge is 0.358 e. The number of halogens is 2. The van der Waals surface area contributed by atoms with E-state index in [1.807, 2.05) is 0 Å². The molecule has 0 aromatic carbocycles. The molecule has 1 aromatic heterocycles. The van der Waals surface area contributed by atoms with Gasteiger partial charge in [0.2, 0.25) is 0 Å². The highest BCUT2D eigenvalue weighted by atomic mass is 19.3. The number of nitrogens with zero attached hydrogens (tertiary/aromatic N) is 1. The number of hydrogen-bond donors (Lipinski definition) is 1. The van der Waals surface area contributed by atoms with Crippen LogP contribution < -0.4 is 5.56 Å². The summed E-state index contributed by atoms with van der Waals surface area (Å²) < 4.78 is 24.8. The first-order chi connectivity index (χ1) is 6.97. The van der Waals surface area contributed by atoms with E-state index in [4.69, 9.17) is 0 Å². The molecule has 0 fully saturated rings. The molecule has 0 radical (unpaired) electrons. The topological polar surface area (TPSA) is 93.1 Å². The highest BCUT2D eigenvalue weighted by Crippen LogP contribution is 2.28. The number of carbonyl (C=O) groups is 1. The Morgan fingerprint density at radius 3 is 2.53 bits per heavy atom. The molecule has 15 heavy (non-hydrogen) atoms. The number of carbonyl (C=O) groups excluding carboxylic acids is 1. The highest BCUT2D eigenvalue weighted by molar-refractivity contribution is 5.78. The second-order valence-electron chi connectivity index (χ2n) is 2.53. The molecule has 1 aromatic rings. The second kappa shape index (κ2) is 3.95. The van der Waals surface area contributed by atoms with Crippen molar-refractivity contribution in [2.75, 3.05) is 0 Å². The Balaban J connectivity index is 3.61. The fourth-order valence-electron chi connectivity index (χ4n) is 1.05. The summed E-state index contributed by atoms with van der Waals surface area (Å²) in [5.41, 5.74) is -2.73.